The molecule has 0 aliphatic carbocycles. The van der Waals surface area contributed by atoms with Crippen LogP contribution in [0.4, 0.5) is 5.69 Å². The highest BCUT2D eigenvalue weighted by Gasteiger charge is 2.31. The van der Waals surface area contributed by atoms with Crippen molar-refractivity contribution in [2.24, 2.45) is 4.99 Å². The van der Waals surface area contributed by atoms with Crippen LogP contribution < -0.4 is 10.6 Å². The molecule has 22 heavy (non-hydrogen) atoms. The van der Waals surface area contributed by atoms with Crippen LogP contribution in [-0.4, -0.2) is 28.8 Å². The molecule has 1 unspecified atom stereocenters. The van der Waals surface area contributed by atoms with E-state index in [4.69, 9.17) is 11.6 Å². The van der Waals surface area contributed by atoms with Crippen LogP contribution in [0.15, 0.2) is 23.2 Å². The third kappa shape index (κ3) is 4.24. The number of thioether (sulfide) groups is 1. The largest absolute Gasteiger partial charge is 0.326 e. The minimum atomic E-state index is -0.435. The molecule has 1 atom stereocenters. The fourth-order valence-corrected chi connectivity index (χ4v) is 3.11. The summed E-state index contributed by atoms with van der Waals surface area (Å²) in [5, 5.41) is 6.26. The van der Waals surface area contributed by atoms with Gasteiger partial charge in [-0.1, -0.05) is 36.4 Å². The minimum absolute atomic E-state index is 0.105. The van der Waals surface area contributed by atoms with Gasteiger partial charge >= 0.3 is 0 Å². The highest BCUT2D eigenvalue weighted by molar-refractivity contribution is 8.15. The van der Waals surface area contributed by atoms with Crippen molar-refractivity contribution in [1.82, 2.24) is 5.32 Å². The summed E-state index contributed by atoms with van der Waals surface area (Å²) in [6, 6.07) is 5.33. The van der Waals surface area contributed by atoms with Gasteiger partial charge in [-0.3, -0.25) is 14.6 Å². The van der Waals surface area contributed by atoms with E-state index >= 15 is 0 Å². The van der Waals surface area contributed by atoms with Gasteiger partial charge in [-0.2, -0.15) is 0 Å². The number of rotatable bonds is 5. The Hall–Kier alpha value is -1.53. The Kier molecular flexibility index (Phi) is 5.85. The molecule has 0 saturated carbocycles. The monoisotopic (exact) mass is 339 g/mol. The Morgan fingerprint density at radius 1 is 1.50 bits per heavy atom. The molecule has 2 N–H and O–H groups in total. The lowest BCUT2D eigenvalue weighted by Crippen LogP contribution is -2.28. The molecule has 1 aromatic carbocycles. The Morgan fingerprint density at radius 2 is 2.27 bits per heavy atom. The zero-order valence-corrected chi connectivity index (χ0v) is 14.1. The lowest BCUT2D eigenvalue weighted by molar-refractivity contribution is -0.122. The molecule has 0 spiro atoms. The number of nitrogens with zero attached hydrogens (tertiary/aromatic N) is 1. The summed E-state index contributed by atoms with van der Waals surface area (Å²) in [5.41, 5.74) is 1.48. The number of benzene rings is 1. The number of nitrogens with one attached hydrogen (secondary N) is 2. The first kappa shape index (κ1) is 16.8. The summed E-state index contributed by atoms with van der Waals surface area (Å²) in [6.07, 6.45) is 1.02. The molecule has 1 aliphatic heterocycles. The lowest BCUT2D eigenvalue weighted by atomic mass is 10.2. The average Bonchev–Trinajstić information content (AvgIpc) is 2.82. The van der Waals surface area contributed by atoms with Gasteiger partial charge in [0.1, 0.15) is 5.25 Å². The zero-order chi connectivity index (χ0) is 16.1. The van der Waals surface area contributed by atoms with Gasteiger partial charge in [0.25, 0.3) is 0 Å². The van der Waals surface area contributed by atoms with E-state index in [1.54, 1.807) is 18.2 Å². The number of hydrogen-bond acceptors (Lipinski definition) is 4. The normalized spacial score (nSPS) is 19.3. The van der Waals surface area contributed by atoms with Crippen LogP contribution in [0.1, 0.15) is 25.3 Å². The predicted molar refractivity (Wildman–Crippen MR) is 91.6 cm³/mol. The Bertz CT molecular complexity index is 619. The molecule has 0 bridgehead atoms. The molecule has 1 heterocycles. The van der Waals surface area contributed by atoms with E-state index < -0.39 is 5.25 Å². The summed E-state index contributed by atoms with van der Waals surface area (Å²) < 4.78 is 0. The zero-order valence-electron chi connectivity index (χ0n) is 12.5. The fraction of sp³-hybridized carbons (Fsp3) is 0.400. The van der Waals surface area contributed by atoms with Crippen LogP contribution in [0.2, 0.25) is 5.02 Å². The summed E-state index contributed by atoms with van der Waals surface area (Å²) in [6.45, 7) is 4.53. The van der Waals surface area contributed by atoms with Gasteiger partial charge in [-0.25, -0.2) is 0 Å². The Morgan fingerprint density at radius 3 is 3.00 bits per heavy atom. The van der Waals surface area contributed by atoms with E-state index in [-0.39, 0.29) is 18.2 Å². The highest BCUT2D eigenvalue weighted by atomic mass is 35.5. The first-order valence-corrected chi connectivity index (χ1v) is 8.34. The molecule has 1 aromatic rings. The van der Waals surface area contributed by atoms with Crippen molar-refractivity contribution in [2.75, 3.05) is 11.9 Å². The quantitative estimate of drug-likeness (QED) is 0.866. The van der Waals surface area contributed by atoms with Crippen molar-refractivity contribution in [2.45, 2.75) is 31.9 Å². The molecule has 1 saturated heterocycles. The molecule has 2 rings (SSSR count). The molecule has 2 amide bonds. The van der Waals surface area contributed by atoms with Crippen molar-refractivity contribution in [1.29, 1.82) is 0 Å². The van der Waals surface area contributed by atoms with Gasteiger partial charge in [-0.15, -0.1) is 0 Å². The number of carbonyl (C=O) groups is 2. The van der Waals surface area contributed by atoms with Crippen LogP contribution >= 0.6 is 23.4 Å². The second-order valence-electron chi connectivity index (χ2n) is 4.95. The Balaban J connectivity index is 1.95. The number of carbonyl (C=O) groups excluding carboxylic acids is 2. The van der Waals surface area contributed by atoms with E-state index in [0.717, 1.165) is 12.0 Å². The van der Waals surface area contributed by atoms with Crippen molar-refractivity contribution in [3.63, 3.8) is 0 Å². The average molecular weight is 340 g/mol. The third-order valence-corrected chi connectivity index (χ3v) is 4.70. The number of anilines is 1. The molecule has 5 nitrogen and oxygen atoms in total. The van der Waals surface area contributed by atoms with E-state index in [1.807, 2.05) is 13.8 Å². The topological polar surface area (TPSA) is 70.6 Å². The van der Waals surface area contributed by atoms with Gasteiger partial charge in [-0.05, 0) is 31.0 Å². The summed E-state index contributed by atoms with van der Waals surface area (Å²) in [7, 11) is 0. The van der Waals surface area contributed by atoms with Gasteiger partial charge < -0.3 is 10.6 Å². The summed E-state index contributed by atoms with van der Waals surface area (Å²) in [4.78, 5) is 28.2. The highest BCUT2D eigenvalue weighted by Crippen LogP contribution is 2.25. The van der Waals surface area contributed by atoms with Crippen LogP contribution in [-0.2, 0) is 9.59 Å². The number of aliphatic imine (C=N–C) groups is 1. The second-order valence-corrected chi connectivity index (χ2v) is 6.55. The molecule has 0 aromatic heterocycles. The standard InChI is InChI=1S/C15H18ClN3O2S/c1-3-7-17-15-19-14(21)12(22-15)8-13(20)18-11-6-4-5-10(16)9(11)2/h4-6,12H,3,7-8H2,1-2H3,(H,18,20)(H,17,19,21). The van der Waals surface area contributed by atoms with Gasteiger partial charge in [0.05, 0.1) is 0 Å². The predicted octanol–water partition coefficient (Wildman–Crippen LogP) is 2.97. The van der Waals surface area contributed by atoms with E-state index in [1.165, 1.54) is 11.8 Å². The van der Waals surface area contributed by atoms with Crippen LogP contribution in [0.5, 0.6) is 0 Å². The fourth-order valence-electron chi connectivity index (χ4n) is 1.94. The minimum Gasteiger partial charge on any atom is -0.326 e. The maximum atomic E-state index is 12.1. The molecule has 1 fully saturated rings. The van der Waals surface area contributed by atoms with E-state index in [2.05, 4.69) is 15.6 Å². The maximum absolute atomic E-state index is 12.1. The molecular formula is C15H18ClN3O2S. The Labute approximate surface area is 138 Å². The molecule has 1 aliphatic rings. The number of hydrogen-bond donors (Lipinski definition) is 2. The van der Waals surface area contributed by atoms with Crippen LogP contribution in [0, 0.1) is 6.92 Å². The van der Waals surface area contributed by atoms with Crippen molar-refractivity contribution < 1.29 is 9.59 Å². The molecule has 0 radical (unpaired) electrons. The van der Waals surface area contributed by atoms with Gasteiger partial charge in [0.2, 0.25) is 11.8 Å². The number of amidine groups is 1. The SMILES string of the molecule is CCCN=C1NC(=O)C(CC(=O)Nc2cccc(Cl)c2C)S1. The van der Waals surface area contributed by atoms with Gasteiger partial charge in [0, 0.05) is 23.7 Å². The number of halogens is 1. The number of amides is 2. The van der Waals surface area contributed by atoms with Crippen molar-refractivity contribution in [3.8, 4) is 0 Å². The second kappa shape index (κ2) is 7.65. The van der Waals surface area contributed by atoms with Crippen LogP contribution in [0.25, 0.3) is 0 Å². The summed E-state index contributed by atoms with van der Waals surface area (Å²) >= 11 is 7.33. The third-order valence-electron chi connectivity index (χ3n) is 3.17. The molecule has 7 heteroatoms. The smallest absolute Gasteiger partial charge is 0.240 e. The molecular weight excluding hydrogens is 322 g/mol. The summed E-state index contributed by atoms with van der Waals surface area (Å²) in [5.74, 6) is -0.382. The van der Waals surface area contributed by atoms with E-state index in [9.17, 15) is 9.59 Å². The van der Waals surface area contributed by atoms with Crippen LogP contribution in [0.3, 0.4) is 0 Å². The first-order valence-electron chi connectivity index (χ1n) is 7.08. The molecule has 118 valence electrons. The van der Waals surface area contributed by atoms with Crippen molar-refractivity contribution >= 4 is 46.0 Å². The van der Waals surface area contributed by atoms with E-state index in [0.29, 0.717) is 22.4 Å². The maximum Gasteiger partial charge on any atom is 0.240 e. The van der Waals surface area contributed by atoms with Crippen molar-refractivity contribution in [3.05, 3.63) is 28.8 Å². The lowest BCUT2D eigenvalue weighted by Gasteiger charge is -2.10. The first-order chi connectivity index (χ1) is 10.5. The van der Waals surface area contributed by atoms with Gasteiger partial charge in [0.15, 0.2) is 5.17 Å².